The number of ether oxygens (including phenoxy) is 1. The van der Waals surface area contributed by atoms with Crippen molar-refractivity contribution in [3.8, 4) is 0 Å². The summed E-state index contributed by atoms with van der Waals surface area (Å²) in [7, 11) is 0. The Labute approximate surface area is 203 Å². The predicted molar refractivity (Wildman–Crippen MR) is 120 cm³/mol. The summed E-state index contributed by atoms with van der Waals surface area (Å²) in [5.74, 6) is -0.894. The molecule has 2 fully saturated rings. The van der Waals surface area contributed by atoms with Crippen molar-refractivity contribution in [2.45, 2.75) is 29.9 Å². The molecule has 0 radical (unpaired) electrons. The highest BCUT2D eigenvalue weighted by Gasteiger charge is 2.43. The standard InChI is InChI=1S/C22H22F3N5O4S/c1-14-20(32)30(16-2-4-17(5-3-16)35-22(23,24)25)21(33)29(14)13-15-6-7-26-18(12-15)19(31)27-28-8-10-34-11-9-28/h2-7,12,14H,8-11,13H2,1H3,(H,27,31). The highest BCUT2D eigenvalue weighted by molar-refractivity contribution is 8.00. The van der Waals surface area contributed by atoms with Crippen molar-refractivity contribution >= 4 is 35.3 Å². The van der Waals surface area contributed by atoms with Crippen LogP contribution >= 0.6 is 11.8 Å². The van der Waals surface area contributed by atoms with Crippen LogP contribution in [0, 0.1) is 0 Å². The molecule has 186 valence electrons. The number of pyridine rings is 1. The van der Waals surface area contributed by atoms with E-state index in [1.807, 2.05) is 0 Å². The number of aromatic nitrogens is 1. The minimum atomic E-state index is -4.44. The average Bonchev–Trinajstić information content (AvgIpc) is 3.03. The fourth-order valence-electron chi connectivity index (χ4n) is 3.72. The summed E-state index contributed by atoms with van der Waals surface area (Å²) in [5.41, 5.74) is -0.732. The molecule has 9 nitrogen and oxygen atoms in total. The number of anilines is 1. The zero-order chi connectivity index (χ0) is 25.2. The second kappa shape index (κ2) is 10.2. The van der Waals surface area contributed by atoms with Crippen LogP contribution in [-0.4, -0.2) is 70.6 Å². The van der Waals surface area contributed by atoms with Gasteiger partial charge in [0.1, 0.15) is 11.7 Å². The van der Waals surface area contributed by atoms with Crippen molar-refractivity contribution < 1.29 is 32.3 Å². The molecule has 4 rings (SSSR count). The Balaban J connectivity index is 1.45. The molecule has 0 bridgehead atoms. The number of morpholine rings is 1. The minimum Gasteiger partial charge on any atom is -0.379 e. The van der Waals surface area contributed by atoms with E-state index in [1.165, 1.54) is 35.4 Å². The van der Waals surface area contributed by atoms with E-state index in [0.717, 1.165) is 4.90 Å². The Morgan fingerprint density at radius 3 is 2.51 bits per heavy atom. The first-order valence-corrected chi connectivity index (χ1v) is 11.5. The van der Waals surface area contributed by atoms with Gasteiger partial charge < -0.3 is 9.64 Å². The average molecular weight is 510 g/mol. The Kier molecular flexibility index (Phi) is 7.28. The molecule has 0 saturated carbocycles. The molecule has 13 heteroatoms. The van der Waals surface area contributed by atoms with Gasteiger partial charge in [0.25, 0.3) is 11.8 Å². The second-order valence-electron chi connectivity index (χ2n) is 7.89. The summed E-state index contributed by atoms with van der Waals surface area (Å²) in [6.45, 7) is 3.75. The van der Waals surface area contributed by atoms with Crippen LogP contribution < -0.4 is 10.3 Å². The van der Waals surface area contributed by atoms with Gasteiger partial charge in [-0.2, -0.15) is 13.2 Å². The fraction of sp³-hybridized carbons (Fsp3) is 0.364. The molecule has 1 N–H and O–H groups in total. The van der Waals surface area contributed by atoms with Gasteiger partial charge in [0.15, 0.2) is 0 Å². The Morgan fingerprint density at radius 2 is 1.86 bits per heavy atom. The Hall–Kier alpha value is -3.16. The molecule has 3 heterocycles. The number of thioether (sulfide) groups is 1. The maximum Gasteiger partial charge on any atom is 0.446 e. The zero-order valence-electron chi connectivity index (χ0n) is 18.6. The van der Waals surface area contributed by atoms with Crippen LogP contribution in [0.5, 0.6) is 0 Å². The molecule has 2 aliphatic heterocycles. The summed E-state index contributed by atoms with van der Waals surface area (Å²) in [6, 6.07) is 6.82. The lowest BCUT2D eigenvalue weighted by molar-refractivity contribution is -0.119. The molecule has 1 atom stereocenters. The van der Waals surface area contributed by atoms with Crippen molar-refractivity contribution in [3.05, 3.63) is 53.9 Å². The summed E-state index contributed by atoms with van der Waals surface area (Å²) in [5, 5.41) is 1.74. The van der Waals surface area contributed by atoms with E-state index < -0.39 is 29.4 Å². The number of rotatable bonds is 6. The number of carbonyl (C=O) groups excluding carboxylic acids is 3. The second-order valence-corrected chi connectivity index (χ2v) is 9.03. The maximum atomic E-state index is 13.1. The number of nitrogens with one attached hydrogen (secondary N) is 1. The summed E-state index contributed by atoms with van der Waals surface area (Å²) in [4.78, 5) is 44.8. The Bertz CT molecular complexity index is 1110. The van der Waals surface area contributed by atoms with Crippen LogP contribution in [0.4, 0.5) is 23.7 Å². The van der Waals surface area contributed by atoms with E-state index in [9.17, 15) is 27.6 Å². The van der Waals surface area contributed by atoms with Crippen LogP contribution in [0.25, 0.3) is 0 Å². The molecule has 0 spiro atoms. The number of hydrogen-bond donors (Lipinski definition) is 1. The fourth-order valence-corrected chi connectivity index (χ4v) is 4.26. The molecule has 1 aromatic heterocycles. The van der Waals surface area contributed by atoms with Gasteiger partial charge in [0, 0.05) is 30.7 Å². The number of imide groups is 1. The monoisotopic (exact) mass is 509 g/mol. The lowest BCUT2D eigenvalue weighted by atomic mass is 10.2. The molecule has 0 aliphatic carbocycles. The number of alkyl halides is 3. The SMILES string of the molecule is CC1C(=O)N(c2ccc(SC(F)(F)F)cc2)C(=O)N1Cc1ccnc(C(=O)NN2CCOCC2)c1. The molecule has 1 aromatic carbocycles. The molecule has 1 unspecified atom stereocenters. The van der Waals surface area contributed by atoms with Gasteiger partial charge in [-0.3, -0.25) is 20.0 Å². The third-order valence-corrected chi connectivity index (χ3v) is 6.23. The first kappa shape index (κ1) is 24.9. The number of hydrazine groups is 1. The predicted octanol–water partition coefficient (Wildman–Crippen LogP) is 3.03. The van der Waals surface area contributed by atoms with E-state index in [4.69, 9.17) is 4.74 Å². The molecule has 2 aliphatic rings. The first-order chi connectivity index (χ1) is 16.6. The van der Waals surface area contributed by atoms with Crippen LogP contribution in [-0.2, 0) is 16.1 Å². The normalized spacial score (nSPS) is 19.4. The molecular formula is C22H22F3N5O4S. The number of amides is 4. The molecule has 2 aromatic rings. The number of benzene rings is 1. The van der Waals surface area contributed by atoms with E-state index in [1.54, 1.807) is 24.1 Å². The third kappa shape index (κ3) is 5.92. The number of hydrogen-bond acceptors (Lipinski definition) is 7. The van der Waals surface area contributed by atoms with Crippen LogP contribution in [0.3, 0.4) is 0 Å². The van der Waals surface area contributed by atoms with Crippen molar-refractivity contribution in [3.63, 3.8) is 0 Å². The van der Waals surface area contributed by atoms with Gasteiger partial charge in [0.2, 0.25) is 0 Å². The van der Waals surface area contributed by atoms with Crippen molar-refractivity contribution in [2.75, 3.05) is 31.2 Å². The van der Waals surface area contributed by atoms with E-state index in [0.29, 0.717) is 31.9 Å². The lowest BCUT2D eigenvalue weighted by Gasteiger charge is -2.26. The van der Waals surface area contributed by atoms with Crippen LogP contribution in [0.1, 0.15) is 23.0 Å². The lowest BCUT2D eigenvalue weighted by Crippen LogP contribution is -2.48. The van der Waals surface area contributed by atoms with Gasteiger partial charge in [-0.25, -0.2) is 14.7 Å². The first-order valence-electron chi connectivity index (χ1n) is 10.7. The number of urea groups is 1. The number of nitrogens with zero attached hydrogens (tertiary/aromatic N) is 4. The number of carbonyl (C=O) groups is 3. The topological polar surface area (TPSA) is 95.1 Å². The highest BCUT2D eigenvalue weighted by atomic mass is 32.2. The summed E-state index contributed by atoms with van der Waals surface area (Å²) in [6.07, 6.45) is 1.45. The van der Waals surface area contributed by atoms with Gasteiger partial charge >= 0.3 is 11.5 Å². The van der Waals surface area contributed by atoms with E-state index in [2.05, 4.69) is 10.4 Å². The summed E-state index contributed by atoms with van der Waals surface area (Å²) < 4.78 is 43.0. The van der Waals surface area contributed by atoms with Gasteiger partial charge in [0.05, 0.1) is 18.9 Å². The van der Waals surface area contributed by atoms with Crippen molar-refractivity contribution in [1.29, 1.82) is 0 Å². The largest absolute Gasteiger partial charge is 0.446 e. The van der Waals surface area contributed by atoms with Crippen molar-refractivity contribution in [1.82, 2.24) is 20.3 Å². The molecular weight excluding hydrogens is 487 g/mol. The Morgan fingerprint density at radius 1 is 1.17 bits per heavy atom. The van der Waals surface area contributed by atoms with E-state index in [-0.39, 0.29) is 34.6 Å². The molecule has 4 amide bonds. The maximum absolute atomic E-state index is 13.1. The minimum absolute atomic E-state index is 0.0462. The van der Waals surface area contributed by atoms with Gasteiger partial charge in [-0.1, -0.05) is 0 Å². The number of halogens is 3. The highest BCUT2D eigenvalue weighted by Crippen LogP contribution is 2.38. The van der Waals surface area contributed by atoms with Crippen LogP contribution in [0.15, 0.2) is 47.5 Å². The van der Waals surface area contributed by atoms with Gasteiger partial charge in [-0.15, -0.1) is 0 Å². The molecule has 35 heavy (non-hydrogen) atoms. The van der Waals surface area contributed by atoms with Crippen molar-refractivity contribution in [2.24, 2.45) is 0 Å². The summed E-state index contributed by atoms with van der Waals surface area (Å²) >= 11 is -0.276. The quantitative estimate of drug-likeness (QED) is 0.473. The zero-order valence-corrected chi connectivity index (χ0v) is 19.4. The van der Waals surface area contributed by atoms with Gasteiger partial charge in [-0.05, 0) is 60.6 Å². The smallest absolute Gasteiger partial charge is 0.379 e. The van der Waals surface area contributed by atoms with Crippen LogP contribution in [0.2, 0.25) is 0 Å². The molecule has 2 saturated heterocycles. The van der Waals surface area contributed by atoms with E-state index >= 15 is 0 Å². The third-order valence-electron chi connectivity index (χ3n) is 5.49.